The molecule has 2 unspecified atom stereocenters. The predicted molar refractivity (Wildman–Crippen MR) is 117 cm³/mol. The average Bonchev–Trinajstić information content (AvgIpc) is 3.34. The number of rotatable bonds is 5. The molecule has 30 heavy (non-hydrogen) atoms. The summed E-state index contributed by atoms with van der Waals surface area (Å²) < 4.78 is 11.3. The predicted octanol–water partition coefficient (Wildman–Crippen LogP) is 2.92. The first-order chi connectivity index (χ1) is 14.8. The van der Waals surface area contributed by atoms with Crippen molar-refractivity contribution in [3.8, 4) is 0 Å². The van der Waals surface area contributed by atoms with Gasteiger partial charge in [0.25, 0.3) is 0 Å². The van der Waals surface area contributed by atoms with Crippen molar-refractivity contribution in [1.29, 1.82) is 0 Å². The lowest BCUT2D eigenvalue weighted by molar-refractivity contribution is 0.0446. The summed E-state index contributed by atoms with van der Waals surface area (Å²) in [7, 11) is 1.78. The minimum absolute atomic E-state index is 0.0155. The number of benzene rings is 1. The smallest absolute Gasteiger partial charge is 0.162 e. The number of piperidine rings is 1. The number of thiazole rings is 1. The van der Waals surface area contributed by atoms with E-state index in [1.54, 1.807) is 18.4 Å². The van der Waals surface area contributed by atoms with Crippen molar-refractivity contribution in [3.05, 3.63) is 34.8 Å². The molecular weight excluding hydrogens is 400 g/mol. The monoisotopic (exact) mass is 426 g/mol. The average molecular weight is 427 g/mol. The Morgan fingerprint density at radius 3 is 2.87 bits per heavy atom. The van der Waals surface area contributed by atoms with Crippen LogP contribution in [0.15, 0.2) is 29.8 Å². The fourth-order valence-corrected chi connectivity index (χ4v) is 5.34. The van der Waals surface area contributed by atoms with Crippen LogP contribution < -0.4 is 9.80 Å². The van der Waals surface area contributed by atoms with Crippen molar-refractivity contribution in [2.45, 2.75) is 18.9 Å². The molecule has 2 aromatic heterocycles. The Balaban J connectivity index is 1.41. The molecule has 0 amide bonds. The highest BCUT2D eigenvalue weighted by Crippen LogP contribution is 2.36. The van der Waals surface area contributed by atoms with Gasteiger partial charge in [0, 0.05) is 61.9 Å². The second kappa shape index (κ2) is 8.79. The largest absolute Gasteiger partial charge is 0.378 e. The van der Waals surface area contributed by atoms with Gasteiger partial charge in [-0.2, -0.15) is 0 Å². The van der Waals surface area contributed by atoms with E-state index < -0.39 is 0 Å². The molecule has 2 aliphatic heterocycles. The maximum atomic E-state index is 5.85. The van der Waals surface area contributed by atoms with Gasteiger partial charge in [0.1, 0.15) is 16.6 Å². The van der Waals surface area contributed by atoms with E-state index in [9.17, 15) is 0 Å². The van der Waals surface area contributed by atoms with Crippen molar-refractivity contribution in [1.82, 2.24) is 20.4 Å². The van der Waals surface area contributed by atoms with Crippen molar-refractivity contribution >= 4 is 33.7 Å². The number of ether oxygens (including phenoxy) is 2. The van der Waals surface area contributed by atoms with Crippen LogP contribution in [0.4, 0.5) is 11.5 Å². The van der Waals surface area contributed by atoms with Gasteiger partial charge in [0.2, 0.25) is 0 Å². The van der Waals surface area contributed by atoms with Crippen LogP contribution in [-0.2, 0) is 9.47 Å². The third kappa shape index (κ3) is 3.84. The highest BCUT2D eigenvalue weighted by Gasteiger charge is 2.31. The van der Waals surface area contributed by atoms with Crippen LogP contribution in [0, 0.1) is 5.92 Å². The van der Waals surface area contributed by atoms with Crippen LogP contribution in [0.5, 0.6) is 0 Å². The molecule has 3 aromatic rings. The zero-order valence-corrected chi connectivity index (χ0v) is 17.9. The molecule has 2 atom stereocenters. The van der Waals surface area contributed by atoms with E-state index in [4.69, 9.17) is 9.47 Å². The van der Waals surface area contributed by atoms with Crippen LogP contribution in [0.3, 0.4) is 0 Å². The number of fused-ring (bicyclic) bond motifs is 1. The van der Waals surface area contributed by atoms with E-state index in [-0.39, 0.29) is 6.10 Å². The lowest BCUT2D eigenvalue weighted by atomic mass is 9.92. The molecule has 2 saturated heterocycles. The third-order valence-corrected chi connectivity index (χ3v) is 6.86. The van der Waals surface area contributed by atoms with Crippen LogP contribution in [0.25, 0.3) is 10.9 Å². The molecular formula is C21H26N6O2S. The highest BCUT2D eigenvalue weighted by atomic mass is 32.1. The van der Waals surface area contributed by atoms with Crippen LogP contribution in [0.1, 0.15) is 24.0 Å². The molecule has 9 heteroatoms. The second-order valence-electron chi connectivity index (χ2n) is 7.79. The quantitative estimate of drug-likeness (QED) is 0.616. The number of nitrogens with zero attached hydrogens (tertiary/aromatic N) is 6. The zero-order chi connectivity index (χ0) is 20.3. The lowest BCUT2D eigenvalue weighted by Crippen LogP contribution is -2.39. The van der Waals surface area contributed by atoms with Gasteiger partial charge >= 0.3 is 0 Å². The summed E-state index contributed by atoms with van der Waals surface area (Å²) in [6.45, 7) is 5.17. The van der Waals surface area contributed by atoms with E-state index in [0.717, 1.165) is 79.7 Å². The number of aromatic nitrogens is 4. The molecule has 4 heterocycles. The summed E-state index contributed by atoms with van der Waals surface area (Å²) in [4.78, 5) is 9.15. The summed E-state index contributed by atoms with van der Waals surface area (Å²) >= 11 is 1.66. The number of methoxy groups -OCH3 is 1. The van der Waals surface area contributed by atoms with E-state index in [0.29, 0.717) is 5.92 Å². The van der Waals surface area contributed by atoms with Gasteiger partial charge in [-0.15, -0.1) is 21.5 Å². The molecule has 0 N–H and O–H groups in total. The molecule has 0 radical (unpaired) electrons. The molecule has 1 aromatic carbocycles. The second-order valence-corrected chi connectivity index (χ2v) is 8.72. The Bertz CT molecular complexity index is 979. The molecule has 8 nitrogen and oxygen atoms in total. The van der Waals surface area contributed by atoms with E-state index in [1.807, 2.05) is 11.6 Å². The number of anilines is 2. The Labute approximate surface area is 179 Å². The zero-order valence-electron chi connectivity index (χ0n) is 17.1. The fraction of sp³-hybridized carbons (Fsp3) is 0.524. The number of morpholine rings is 1. The first-order valence-corrected chi connectivity index (χ1v) is 11.3. The molecule has 2 aliphatic rings. The Hall–Kier alpha value is -2.36. The van der Waals surface area contributed by atoms with Crippen molar-refractivity contribution in [2.75, 3.05) is 56.3 Å². The van der Waals surface area contributed by atoms with Gasteiger partial charge in [-0.1, -0.05) is 0 Å². The molecule has 0 saturated carbocycles. The van der Waals surface area contributed by atoms with E-state index in [2.05, 4.69) is 48.4 Å². The lowest BCUT2D eigenvalue weighted by Gasteiger charge is -2.36. The van der Waals surface area contributed by atoms with Gasteiger partial charge in [0.05, 0.1) is 13.2 Å². The molecule has 0 aliphatic carbocycles. The van der Waals surface area contributed by atoms with Gasteiger partial charge in [-0.25, -0.2) is 4.98 Å². The Kier molecular flexibility index (Phi) is 5.74. The van der Waals surface area contributed by atoms with E-state index in [1.165, 1.54) is 0 Å². The van der Waals surface area contributed by atoms with Crippen molar-refractivity contribution < 1.29 is 9.47 Å². The van der Waals surface area contributed by atoms with Crippen LogP contribution >= 0.6 is 11.3 Å². The minimum atomic E-state index is 0.0155. The number of hydrogen-bond acceptors (Lipinski definition) is 9. The summed E-state index contributed by atoms with van der Waals surface area (Å²) in [5.74, 6) is 1.28. The molecule has 2 fully saturated rings. The van der Waals surface area contributed by atoms with E-state index >= 15 is 0 Å². The summed E-state index contributed by atoms with van der Waals surface area (Å²) in [5, 5.41) is 16.9. The molecule has 5 rings (SSSR count). The summed E-state index contributed by atoms with van der Waals surface area (Å²) in [5.41, 5.74) is 2.05. The SMILES string of the molecule is COC(c1nccs1)C1CCCN(c2nnnc3cc(N4CCOCC4)ccc23)C1. The van der Waals surface area contributed by atoms with Gasteiger partial charge < -0.3 is 19.3 Å². The van der Waals surface area contributed by atoms with Crippen molar-refractivity contribution in [3.63, 3.8) is 0 Å². The van der Waals surface area contributed by atoms with Crippen LogP contribution in [0.2, 0.25) is 0 Å². The number of hydrogen-bond donors (Lipinski definition) is 0. The summed E-state index contributed by atoms with van der Waals surface area (Å²) in [6, 6.07) is 6.42. The topological polar surface area (TPSA) is 76.5 Å². The molecule has 158 valence electrons. The summed E-state index contributed by atoms with van der Waals surface area (Å²) in [6.07, 6.45) is 4.07. The highest BCUT2D eigenvalue weighted by molar-refractivity contribution is 7.09. The van der Waals surface area contributed by atoms with Crippen molar-refractivity contribution in [2.24, 2.45) is 5.92 Å². The fourth-order valence-electron chi connectivity index (χ4n) is 4.53. The Morgan fingerprint density at radius 1 is 1.17 bits per heavy atom. The Morgan fingerprint density at radius 2 is 2.07 bits per heavy atom. The van der Waals surface area contributed by atoms with Gasteiger partial charge in [0.15, 0.2) is 5.82 Å². The van der Waals surface area contributed by atoms with Gasteiger partial charge in [-0.05, 0) is 36.3 Å². The molecule has 0 bridgehead atoms. The van der Waals surface area contributed by atoms with Crippen LogP contribution in [-0.4, -0.2) is 66.9 Å². The standard InChI is InChI=1S/C21H26N6O2S/c1-28-19(21-22-6-12-30-21)15-3-2-7-27(14-15)20-17-5-4-16(13-18(17)23-25-24-20)26-8-10-29-11-9-26/h4-6,12-13,15,19H,2-3,7-11,14H2,1H3. The first-order valence-electron chi connectivity index (χ1n) is 10.5. The van der Waals surface area contributed by atoms with Gasteiger partial charge in [-0.3, -0.25) is 0 Å². The maximum Gasteiger partial charge on any atom is 0.162 e. The molecule has 0 spiro atoms. The maximum absolute atomic E-state index is 5.85. The third-order valence-electron chi connectivity index (χ3n) is 6.02. The normalized spacial score (nSPS) is 21.2. The minimum Gasteiger partial charge on any atom is -0.378 e. The first kappa shape index (κ1) is 19.6.